The van der Waals surface area contributed by atoms with Gasteiger partial charge in [-0.2, -0.15) is 0 Å². The van der Waals surface area contributed by atoms with Crippen molar-refractivity contribution >= 4 is 43.9 Å². The van der Waals surface area contributed by atoms with E-state index in [9.17, 15) is 0 Å². The van der Waals surface area contributed by atoms with Crippen LogP contribution in [0.2, 0.25) is 0 Å². The first-order valence-corrected chi connectivity index (χ1v) is 18.7. The highest BCUT2D eigenvalue weighted by molar-refractivity contribution is 6.16. The lowest BCUT2D eigenvalue weighted by Gasteiger charge is -2.12. The van der Waals surface area contributed by atoms with Crippen LogP contribution >= 0.6 is 0 Å². The van der Waals surface area contributed by atoms with Gasteiger partial charge in [-0.3, -0.25) is 0 Å². The Morgan fingerprint density at radius 1 is 0.286 bits per heavy atom. The van der Waals surface area contributed by atoms with Crippen LogP contribution in [-0.2, 0) is 0 Å². The summed E-state index contributed by atoms with van der Waals surface area (Å²) in [6.45, 7) is 0. The molecule has 56 heavy (non-hydrogen) atoms. The van der Waals surface area contributed by atoms with Gasteiger partial charge in [0, 0.05) is 43.8 Å². The van der Waals surface area contributed by atoms with E-state index in [2.05, 4.69) is 133 Å². The zero-order valence-corrected chi connectivity index (χ0v) is 30.1. The minimum Gasteiger partial charge on any atom is -0.456 e. The Bertz CT molecular complexity index is 3250. The molecule has 0 atom stereocenters. The Balaban J connectivity index is 1.05. The summed E-state index contributed by atoms with van der Waals surface area (Å²) in [7, 11) is 0. The molecular formula is C51H31N3O2. The Kier molecular flexibility index (Phi) is 7.42. The second kappa shape index (κ2) is 13.0. The highest BCUT2D eigenvalue weighted by Gasteiger charge is 2.20. The lowest BCUT2D eigenvalue weighted by Crippen LogP contribution is -2.00. The fourth-order valence-corrected chi connectivity index (χ4v) is 7.92. The number of para-hydroxylation sites is 2. The smallest absolute Gasteiger partial charge is 0.164 e. The molecule has 5 nitrogen and oxygen atoms in total. The van der Waals surface area contributed by atoms with E-state index in [1.54, 1.807) is 0 Å². The second-order valence-corrected chi connectivity index (χ2v) is 13.9. The molecule has 0 amide bonds. The van der Waals surface area contributed by atoms with Gasteiger partial charge < -0.3 is 8.83 Å². The molecule has 0 radical (unpaired) electrons. The molecule has 0 saturated carbocycles. The minimum absolute atomic E-state index is 0.575. The molecule has 11 rings (SSSR count). The number of rotatable bonds is 6. The Hall–Kier alpha value is -7.63. The number of nitrogens with zero attached hydrogens (tertiary/aromatic N) is 3. The van der Waals surface area contributed by atoms with Crippen LogP contribution in [0.25, 0.3) is 111 Å². The third-order valence-corrected chi connectivity index (χ3v) is 10.6. The van der Waals surface area contributed by atoms with Crippen molar-refractivity contribution in [2.75, 3.05) is 0 Å². The first kappa shape index (κ1) is 31.9. The summed E-state index contributed by atoms with van der Waals surface area (Å²) in [6, 6.07) is 64.5. The fraction of sp³-hybridized carbons (Fsp3) is 0. The lowest BCUT2D eigenvalue weighted by atomic mass is 9.91. The topological polar surface area (TPSA) is 65.0 Å². The molecule has 0 N–H and O–H groups in total. The van der Waals surface area contributed by atoms with Crippen LogP contribution in [0.1, 0.15) is 0 Å². The summed E-state index contributed by atoms with van der Waals surface area (Å²) in [5, 5.41) is 4.29. The summed E-state index contributed by atoms with van der Waals surface area (Å²) in [5.74, 6) is 1.79. The van der Waals surface area contributed by atoms with Crippen LogP contribution in [0.3, 0.4) is 0 Å². The van der Waals surface area contributed by atoms with E-state index in [-0.39, 0.29) is 0 Å². The van der Waals surface area contributed by atoms with E-state index in [0.29, 0.717) is 17.5 Å². The van der Waals surface area contributed by atoms with Crippen molar-refractivity contribution < 1.29 is 8.83 Å². The van der Waals surface area contributed by atoms with Gasteiger partial charge in [0.2, 0.25) is 0 Å². The van der Waals surface area contributed by atoms with Crippen molar-refractivity contribution in [3.8, 4) is 67.5 Å². The van der Waals surface area contributed by atoms with Gasteiger partial charge in [-0.05, 0) is 58.1 Å². The molecule has 5 heteroatoms. The Labute approximate surface area is 322 Å². The first-order valence-electron chi connectivity index (χ1n) is 18.7. The van der Waals surface area contributed by atoms with Crippen LogP contribution in [0.4, 0.5) is 0 Å². The number of furan rings is 2. The van der Waals surface area contributed by atoms with Gasteiger partial charge in [-0.15, -0.1) is 0 Å². The Morgan fingerprint density at radius 3 is 1.62 bits per heavy atom. The van der Waals surface area contributed by atoms with E-state index < -0.39 is 0 Å². The molecule has 0 saturated heterocycles. The second-order valence-electron chi connectivity index (χ2n) is 13.9. The van der Waals surface area contributed by atoms with Crippen molar-refractivity contribution in [2.45, 2.75) is 0 Å². The van der Waals surface area contributed by atoms with Gasteiger partial charge in [-0.1, -0.05) is 158 Å². The summed E-state index contributed by atoms with van der Waals surface area (Å²) in [4.78, 5) is 15.1. The van der Waals surface area contributed by atoms with Gasteiger partial charge >= 0.3 is 0 Å². The predicted molar refractivity (Wildman–Crippen MR) is 227 cm³/mol. The molecule has 11 aromatic rings. The van der Waals surface area contributed by atoms with Crippen LogP contribution < -0.4 is 0 Å². The predicted octanol–water partition coefficient (Wildman–Crippen LogP) is 13.7. The molecular weight excluding hydrogens is 687 g/mol. The third kappa shape index (κ3) is 5.37. The van der Waals surface area contributed by atoms with Crippen molar-refractivity contribution in [1.82, 2.24) is 15.0 Å². The lowest BCUT2D eigenvalue weighted by molar-refractivity contribution is 0.669. The van der Waals surface area contributed by atoms with Crippen molar-refractivity contribution in [2.24, 2.45) is 0 Å². The van der Waals surface area contributed by atoms with Crippen LogP contribution in [0.15, 0.2) is 197 Å². The van der Waals surface area contributed by atoms with E-state index >= 15 is 0 Å². The van der Waals surface area contributed by atoms with Crippen molar-refractivity contribution in [3.63, 3.8) is 0 Å². The number of aromatic nitrogens is 3. The molecule has 0 aliphatic heterocycles. The third-order valence-electron chi connectivity index (χ3n) is 10.6. The standard InChI is InChI=1S/C51H31N3O2/c1-3-14-32(15-4-1)34-18-11-19-35(30-34)50-52-49(33-16-5-2-6-17-33)53-51(54-50)36-28-29-43-46(31-36)55-45-27-13-23-40(47(43)45)37-20-7-8-21-38(37)41-24-12-25-42-39-22-9-10-26-44(39)56-48(41)42/h1-31H. The van der Waals surface area contributed by atoms with Crippen LogP contribution in [0.5, 0.6) is 0 Å². The number of hydrogen-bond acceptors (Lipinski definition) is 5. The monoisotopic (exact) mass is 717 g/mol. The molecule has 0 fully saturated rings. The molecule has 3 heterocycles. The fourth-order valence-electron chi connectivity index (χ4n) is 7.92. The van der Waals surface area contributed by atoms with Gasteiger partial charge in [0.05, 0.1) is 0 Å². The zero-order valence-electron chi connectivity index (χ0n) is 30.1. The number of hydrogen-bond donors (Lipinski definition) is 0. The van der Waals surface area contributed by atoms with E-state index in [4.69, 9.17) is 23.8 Å². The maximum absolute atomic E-state index is 6.64. The maximum atomic E-state index is 6.64. The van der Waals surface area contributed by atoms with Gasteiger partial charge in [0.1, 0.15) is 22.3 Å². The van der Waals surface area contributed by atoms with E-state index in [1.807, 2.05) is 54.6 Å². The molecule has 262 valence electrons. The summed E-state index contributed by atoms with van der Waals surface area (Å²) >= 11 is 0. The maximum Gasteiger partial charge on any atom is 0.164 e. The van der Waals surface area contributed by atoms with E-state index in [1.165, 1.54) is 0 Å². The van der Waals surface area contributed by atoms with Crippen LogP contribution in [0, 0.1) is 0 Å². The van der Waals surface area contributed by atoms with Crippen molar-refractivity contribution in [3.05, 3.63) is 188 Å². The highest BCUT2D eigenvalue weighted by Crippen LogP contribution is 2.44. The number of benzene rings is 8. The Morgan fingerprint density at radius 2 is 0.821 bits per heavy atom. The molecule has 0 aliphatic carbocycles. The molecule has 0 aliphatic rings. The van der Waals surface area contributed by atoms with Gasteiger partial charge in [0.15, 0.2) is 17.5 Å². The SMILES string of the molecule is c1ccc(-c2cccc(-c3nc(-c4ccccc4)nc(-c4ccc5c(c4)oc4cccc(-c6ccccc6-c6cccc7c6oc6ccccc67)c45)n3)c2)cc1. The average molecular weight is 718 g/mol. The average Bonchev–Trinajstić information content (AvgIpc) is 3.85. The summed E-state index contributed by atoms with van der Waals surface area (Å²) < 4.78 is 13.1. The van der Waals surface area contributed by atoms with Crippen molar-refractivity contribution in [1.29, 1.82) is 0 Å². The normalized spacial score (nSPS) is 11.6. The van der Waals surface area contributed by atoms with E-state index in [0.717, 1.165) is 93.9 Å². The first-order chi connectivity index (χ1) is 27.7. The summed E-state index contributed by atoms with van der Waals surface area (Å²) in [6.07, 6.45) is 0. The van der Waals surface area contributed by atoms with Crippen LogP contribution in [-0.4, -0.2) is 15.0 Å². The molecule has 0 unspecified atom stereocenters. The molecule has 0 bridgehead atoms. The van der Waals surface area contributed by atoms with Gasteiger partial charge in [0.25, 0.3) is 0 Å². The quantitative estimate of drug-likeness (QED) is 0.171. The van der Waals surface area contributed by atoms with Gasteiger partial charge in [-0.25, -0.2) is 15.0 Å². The molecule has 0 spiro atoms. The minimum atomic E-state index is 0.575. The zero-order chi connectivity index (χ0) is 37.0. The largest absolute Gasteiger partial charge is 0.456 e. The molecule has 8 aromatic carbocycles. The summed E-state index contributed by atoms with van der Waals surface area (Å²) in [5.41, 5.74) is 12.6. The molecule has 3 aromatic heterocycles. The number of fused-ring (bicyclic) bond motifs is 6. The highest BCUT2D eigenvalue weighted by atomic mass is 16.3.